The van der Waals surface area contributed by atoms with Crippen molar-refractivity contribution in [1.82, 2.24) is 0 Å². The van der Waals surface area contributed by atoms with Gasteiger partial charge in [-0.1, -0.05) is 0 Å². The number of rotatable bonds is 3. The highest BCUT2D eigenvalue weighted by Crippen LogP contribution is 1.67. The van der Waals surface area contributed by atoms with Crippen molar-refractivity contribution in [1.29, 1.82) is 0 Å². The fraction of sp³-hybridized carbons (Fsp3) is 0.750. The second kappa shape index (κ2) is 4.92. The maximum atomic E-state index is 4.62. The summed E-state index contributed by atoms with van der Waals surface area (Å²) in [4.78, 5) is 0. The Bertz CT molecular complexity index is 17.5. The summed E-state index contributed by atoms with van der Waals surface area (Å²) in [6.07, 6.45) is 0. The van der Waals surface area contributed by atoms with Crippen molar-refractivity contribution in [2.45, 2.75) is 0 Å². The minimum Gasteiger partial charge on any atom is -0.553 e. The monoisotopic (exact) mass is 89.1 g/mol. The van der Waals surface area contributed by atoms with Crippen LogP contribution in [0.25, 0.3) is 0 Å². The quantitative estimate of drug-likeness (QED) is 0.369. The lowest BCUT2D eigenvalue weighted by atomic mass is 10.8. The smallest absolute Gasteiger partial charge is 0.0666 e. The van der Waals surface area contributed by atoms with E-state index in [9.17, 15) is 0 Å². The Morgan fingerprint density at radius 1 is 1.50 bits per heavy atom. The van der Waals surface area contributed by atoms with Crippen LogP contribution in [0.5, 0.6) is 0 Å². The Balaban J connectivity index is 2.34. The molecule has 0 atom stereocenters. The Hall–Kier alpha value is -0.0800. The normalized spacial score (nSPS) is 9.00. The zero-order valence-electron chi connectivity index (χ0n) is 3.94. The first kappa shape index (κ1) is 5.92. The van der Waals surface area contributed by atoms with Crippen LogP contribution in [0.1, 0.15) is 0 Å². The van der Waals surface area contributed by atoms with Crippen LogP contribution in [0.4, 0.5) is 0 Å². The van der Waals surface area contributed by atoms with Crippen molar-refractivity contribution < 1.29 is 9.47 Å². The van der Waals surface area contributed by atoms with E-state index in [0.717, 1.165) is 0 Å². The van der Waals surface area contributed by atoms with E-state index in [1.807, 2.05) is 0 Å². The summed E-state index contributed by atoms with van der Waals surface area (Å²) in [6.45, 7) is 1.21. The highest BCUT2D eigenvalue weighted by atomic mass is 16.5. The van der Waals surface area contributed by atoms with Gasteiger partial charge in [-0.15, -0.1) is 0 Å². The third kappa shape index (κ3) is 3.92. The van der Waals surface area contributed by atoms with Crippen LogP contribution in [0.2, 0.25) is 0 Å². The molecule has 0 rings (SSSR count). The highest BCUT2D eigenvalue weighted by Gasteiger charge is 1.69. The summed E-state index contributed by atoms with van der Waals surface area (Å²) >= 11 is 0. The van der Waals surface area contributed by atoms with Gasteiger partial charge in [-0.25, -0.2) is 7.11 Å². The molecular weight excluding hydrogens is 80.0 g/mol. The van der Waals surface area contributed by atoms with Gasteiger partial charge in [-0.2, -0.15) is 0 Å². The van der Waals surface area contributed by atoms with Crippen LogP contribution in [-0.4, -0.2) is 20.3 Å². The summed E-state index contributed by atoms with van der Waals surface area (Å²) in [5, 5.41) is 0. The maximum Gasteiger partial charge on any atom is 0.0666 e. The molecule has 2 nitrogen and oxygen atoms in total. The van der Waals surface area contributed by atoms with Crippen LogP contribution >= 0.6 is 0 Å². The van der Waals surface area contributed by atoms with Gasteiger partial charge in [0.2, 0.25) is 0 Å². The van der Waals surface area contributed by atoms with E-state index in [1.165, 1.54) is 0 Å². The average Bonchev–Trinajstić information content (AvgIpc) is 1.61. The van der Waals surface area contributed by atoms with Crippen LogP contribution in [0, 0.1) is 7.11 Å². The van der Waals surface area contributed by atoms with Gasteiger partial charge in [0.15, 0.2) is 0 Å². The highest BCUT2D eigenvalue weighted by molar-refractivity contribution is 4.20. The van der Waals surface area contributed by atoms with Gasteiger partial charge < -0.3 is 9.47 Å². The molecule has 0 aliphatic heterocycles. The fourth-order valence-electron chi connectivity index (χ4n) is 0.142. The molecule has 0 unspecified atom stereocenters. The van der Waals surface area contributed by atoms with Crippen LogP contribution < -0.4 is 0 Å². The van der Waals surface area contributed by atoms with Gasteiger partial charge in [-0.3, -0.25) is 0 Å². The molecule has 0 heterocycles. The molecule has 0 aromatic heterocycles. The molecule has 0 spiro atoms. The first-order valence-electron chi connectivity index (χ1n) is 1.77. The summed E-state index contributed by atoms with van der Waals surface area (Å²) in [5.74, 6) is 0. The molecule has 0 aliphatic carbocycles. The van der Waals surface area contributed by atoms with Crippen molar-refractivity contribution in [2.75, 3.05) is 20.3 Å². The molecule has 2 heteroatoms. The zero-order chi connectivity index (χ0) is 4.83. The van der Waals surface area contributed by atoms with E-state index < -0.39 is 0 Å². The van der Waals surface area contributed by atoms with E-state index in [1.54, 1.807) is 7.11 Å². The SMILES string of the molecule is [CH2-]OCCOC. The number of ether oxygens (including phenoxy) is 2. The van der Waals surface area contributed by atoms with E-state index in [2.05, 4.69) is 16.6 Å². The zero-order valence-corrected chi connectivity index (χ0v) is 3.94. The van der Waals surface area contributed by atoms with Crippen molar-refractivity contribution in [3.8, 4) is 0 Å². The van der Waals surface area contributed by atoms with Gasteiger partial charge in [0, 0.05) is 13.7 Å². The molecule has 0 saturated carbocycles. The molecule has 38 valence electrons. The summed E-state index contributed by atoms with van der Waals surface area (Å²) in [5.41, 5.74) is 0. The van der Waals surface area contributed by atoms with E-state index in [0.29, 0.717) is 13.2 Å². The average molecular weight is 89.1 g/mol. The molecule has 0 amide bonds. The second-order valence-corrected chi connectivity index (χ2v) is 0.901. The Labute approximate surface area is 38.1 Å². The molecule has 0 saturated heterocycles. The van der Waals surface area contributed by atoms with Gasteiger partial charge >= 0.3 is 0 Å². The molecule has 6 heavy (non-hydrogen) atoms. The topological polar surface area (TPSA) is 18.5 Å². The van der Waals surface area contributed by atoms with Crippen LogP contribution in [0.3, 0.4) is 0 Å². The molecule has 0 aromatic rings. The minimum absolute atomic E-state index is 0.580. The first-order chi connectivity index (χ1) is 2.91. The standard InChI is InChI=1S/C4H9O2/c1-5-3-4-6-2/h1,3-4H2,2H3/q-1. The van der Waals surface area contributed by atoms with Crippen LogP contribution in [-0.2, 0) is 9.47 Å². The Kier molecular flexibility index (Phi) is 4.85. The van der Waals surface area contributed by atoms with Crippen molar-refractivity contribution in [3.63, 3.8) is 0 Å². The summed E-state index contributed by atoms with van der Waals surface area (Å²) < 4.78 is 9.02. The lowest BCUT2D eigenvalue weighted by Gasteiger charge is -1.99. The lowest BCUT2D eigenvalue weighted by molar-refractivity contribution is 0.121. The van der Waals surface area contributed by atoms with Gasteiger partial charge in [-0.05, 0) is 0 Å². The van der Waals surface area contributed by atoms with Crippen molar-refractivity contribution in [3.05, 3.63) is 7.11 Å². The Morgan fingerprint density at radius 3 is 2.33 bits per heavy atom. The second-order valence-electron chi connectivity index (χ2n) is 0.901. The largest absolute Gasteiger partial charge is 0.553 e. The number of methoxy groups -OCH3 is 1. The summed E-state index contributed by atoms with van der Waals surface area (Å²) in [7, 11) is 4.77. The van der Waals surface area contributed by atoms with Crippen molar-refractivity contribution in [2.24, 2.45) is 0 Å². The predicted molar refractivity (Wildman–Crippen MR) is 23.2 cm³/mol. The minimum atomic E-state index is 0.580. The predicted octanol–water partition coefficient (Wildman–Crippen LogP) is 0.441. The van der Waals surface area contributed by atoms with E-state index >= 15 is 0 Å². The maximum absolute atomic E-state index is 4.62. The third-order valence-corrected chi connectivity index (χ3v) is 0.432. The summed E-state index contributed by atoms with van der Waals surface area (Å²) in [6, 6.07) is 0. The van der Waals surface area contributed by atoms with Crippen LogP contribution in [0.15, 0.2) is 0 Å². The number of hydrogen-bond donors (Lipinski definition) is 0. The fourth-order valence-corrected chi connectivity index (χ4v) is 0.142. The number of hydrogen-bond acceptors (Lipinski definition) is 2. The van der Waals surface area contributed by atoms with Gasteiger partial charge in [0.1, 0.15) is 0 Å². The van der Waals surface area contributed by atoms with E-state index in [-0.39, 0.29) is 0 Å². The molecule has 0 aliphatic rings. The molecule has 0 aromatic carbocycles. The lowest BCUT2D eigenvalue weighted by Crippen LogP contribution is -1.95. The molecule has 0 N–H and O–H groups in total. The van der Waals surface area contributed by atoms with E-state index in [4.69, 9.17) is 0 Å². The van der Waals surface area contributed by atoms with Gasteiger partial charge in [0.25, 0.3) is 0 Å². The molecule has 0 bridgehead atoms. The molecular formula is C4H9O2-. The first-order valence-corrected chi connectivity index (χ1v) is 1.77. The van der Waals surface area contributed by atoms with Crippen molar-refractivity contribution >= 4 is 0 Å². The molecule has 0 radical (unpaired) electrons. The Morgan fingerprint density at radius 2 is 2.17 bits per heavy atom. The molecule has 0 fully saturated rings. The van der Waals surface area contributed by atoms with Gasteiger partial charge in [0.05, 0.1) is 6.61 Å². The third-order valence-electron chi connectivity index (χ3n) is 0.432.